The third-order valence-corrected chi connectivity index (χ3v) is 10.2. The zero-order valence-electron chi connectivity index (χ0n) is 23.7. The maximum Gasteiger partial charge on any atom is 0.0249 e. The SMILES string of the molecule is CCCCCC1CCC(c2ccc(C#CC=CC3CCC(C4CCC(CCC)CC4)CC3)cc2)CC1. The molecule has 0 unspecified atom stereocenters. The lowest BCUT2D eigenvalue weighted by molar-refractivity contribution is 0.152. The molecule has 0 atom stereocenters. The van der Waals surface area contributed by atoms with Crippen molar-refractivity contribution in [3.63, 3.8) is 0 Å². The molecule has 0 aliphatic heterocycles. The van der Waals surface area contributed by atoms with Crippen molar-refractivity contribution in [3.8, 4) is 11.8 Å². The van der Waals surface area contributed by atoms with Gasteiger partial charge >= 0.3 is 0 Å². The van der Waals surface area contributed by atoms with Gasteiger partial charge in [0.15, 0.2) is 0 Å². The van der Waals surface area contributed by atoms with Crippen molar-refractivity contribution in [1.29, 1.82) is 0 Å². The lowest BCUT2D eigenvalue weighted by atomic mass is 9.69. The van der Waals surface area contributed by atoms with Crippen LogP contribution in [0.4, 0.5) is 0 Å². The molecule has 1 aromatic rings. The first kappa shape index (κ1) is 27.6. The Morgan fingerprint density at radius 1 is 0.667 bits per heavy atom. The Balaban J connectivity index is 1.15. The second kappa shape index (κ2) is 15.1. The van der Waals surface area contributed by atoms with E-state index in [1.54, 1.807) is 5.56 Å². The molecule has 0 nitrogen and oxygen atoms in total. The van der Waals surface area contributed by atoms with E-state index in [2.05, 4.69) is 62.1 Å². The molecule has 1 aromatic carbocycles. The molecule has 3 aliphatic carbocycles. The van der Waals surface area contributed by atoms with E-state index in [0.29, 0.717) is 0 Å². The summed E-state index contributed by atoms with van der Waals surface area (Å²) in [5, 5.41) is 0. The van der Waals surface area contributed by atoms with E-state index >= 15 is 0 Å². The van der Waals surface area contributed by atoms with Crippen LogP contribution in [0.2, 0.25) is 0 Å². The minimum atomic E-state index is 0.756. The molecule has 36 heavy (non-hydrogen) atoms. The Hall–Kier alpha value is -1.48. The molecule has 0 radical (unpaired) electrons. The maximum atomic E-state index is 3.39. The van der Waals surface area contributed by atoms with Gasteiger partial charge in [0.2, 0.25) is 0 Å². The lowest BCUT2D eigenvalue weighted by Crippen LogP contribution is -2.25. The van der Waals surface area contributed by atoms with Gasteiger partial charge in [-0.2, -0.15) is 0 Å². The molecular formula is C36H54. The van der Waals surface area contributed by atoms with Gasteiger partial charge in [0, 0.05) is 5.56 Å². The third kappa shape index (κ3) is 8.54. The molecule has 3 aliphatic rings. The average Bonchev–Trinajstić information content (AvgIpc) is 2.93. The monoisotopic (exact) mass is 486 g/mol. The van der Waals surface area contributed by atoms with Gasteiger partial charge in [0.1, 0.15) is 0 Å². The van der Waals surface area contributed by atoms with Crippen LogP contribution in [0.25, 0.3) is 0 Å². The zero-order valence-corrected chi connectivity index (χ0v) is 23.7. The van der Waals surface area contributed by atoms with Gasteiger partial charge in [-0.25, -0.2) is 0 Å². The molecule has 0 heterocycles. The minimum absolute atomic E-state index is 0.756. The van der Waals surface area contributed by atoms with Gasteiger partial charge in [-0.15, -0.1) is 0 Å². The third-order valence-electron chi connectivity index (χ3n) is 10.2. The summed E-state index contributed by atoms with van der Waals surface area (Å²) in [7, 11) is 0. The van der Waals surface area contributed by atoms with Crippen LogP contribution < -0.4 is 0 Å². The summed E-state index contributed by atoms with van der Waals surface area (Å²) in [5.41, 5.74) is 2.71. The highest BCUT2D eigenvalue weighted by molar-refractivity contribution is 5.39. The molecular weight excluding hydrogens is 432 g/mol. The lowest BCUT2D eigenvalue weighted by Gasteiger charge is -2.37. The maximum absolute atomic E-state index is 3.39. The van der Waals surface area contributed by atoms with E-state index in [1.165, 1.54) is 121 Å². The average molecular weight is 487 g/mol. The molecule has 0 saturated heterocycles. The molecule has 3 saturated carbocycles. The van der Waals surface area contributed by atoms with Crippen molar-refractivity contribution in [2.24, 2.45) is 29.6 Å². The van der Waals surface area contributed by atoms with E-state index < -0.39 is 0 Å². The fraction of sp³-hybridized carbons (Fsp3) is 0.722. The summed E-state index contributed by atoms with van der Waals surface area (Å²) in [6, 6.07) is 9.22. The Labute approximate surface area is 224 Å². The van der Waals surface area contributed by atoms with Crippen LogP contribution in [0.3, 0.4) is 0 Å². The van der Waals surface area contributed by atoms with Crippen LogP contribution in [-0.4, -0.2) is 0 Å². The van der Waals surface area contributed by atoms with Gasteiger partial charge in [-0.05, 0) is 123 Å². The van der Waals surface area contributed by atoms with Crippen LogP contribution in [-0.2, 0) is 0 Å². The van der Waals surface area contributed by atoms with Crippen molar-refractivity contribution in [2.75, 3.05) is 0 Å². The van der Waals surface area contributed by atoms with Crippen molar-refractivity contribution in [2.45, 2.75) is 135 Å². The number of allylic oxidation sites excluding steroid dienone is 2. The first-order valence-corrected chi connectivity index (χ1v) is 16.0. The first-order valence-electron chi connectivity index (χ1n) is 16.0. The fourth-order valence-corrected chi connectivity index (χ4v) is 7.78. The van der Waals surface area contributed by atoms with Crippen LogP contribution in [0.15, 0.2) is 36.4 Å². The molecule has 0 amide bonds. The normalized spacial score (nSPS) is 31.2. The minimum Gasteiger partial charge on any atom is -0.0730 e. The number of rotatable bonds is 9. The van der Waals surface area contributed by atoms with E-state index in [4.69, 9.17) is 0 Å². The van der Waals surface area contributed by atoms with E-state index in [9.17, 15) is 0 Å². The van der Waals surface area contributed by atoms with E-state index in [1.807, 2.05) is 0 Å². The summed E-state index contributed by atoms with van der Waals surface area (Å²) in [6.45, 7) is 4.66. The van der Waals surface area contributed by atoms with Crippen molar-refractivity contribution >= 4 is 0 Å². The fourth-order valence-electron chi connectivity index (χ4n) is 7.78. The Bertz CT molecular complexity index is 809. The summed E-state index contributed by atoms with van der Waals surface area (Å²) < 4.78 is 0. The van der Waals surface area contributed by atoms with E-state index in [-0.39, 0.29) is 0 Å². The van der Waals surface area contributed by atoms with Crippen molar-refractivity contribution in [1.82, 2.24) is 0 Å². The van der Waals surface area contributed by atoms with Gasteiger partial charge in [0.05, 0.1) is 0 Å². The van der Waals surface area contributed by atoms with E-state index in [0.717, 1.165) is 35.5 Å². The Morgan fingerprint density at radius 3 is 1.92 bits per heavy atom. The van der Waals surface area contributed by atoms with Crippen LogP contribution in [0.1, 0.15) is 146 Å². The summed E-state index contributed by atoms with van der Waals surface area (Å²) in [5.74, 6) is 12.3. The number of hydrogen-bond donors (Lipinski definition) is 0. The standard InChI is InChI=1S/C36H54/c1-3-5-6-10-30-15-23-35(24-16-30)36-27-19-32(20-28-36)12-8-7-11-31-17-25-34(26-18-31)33-21-13-29(9-4-2)14-22-33/h7,11,19-20,27-31,33-35H,3-6,9-10,13-18,21-26H2,1-2H3. The predicted octanol–water partition coefficient (Wildman–Crippen LogP) is 10.9. The first-order chi connectivity index (χ1) is 17.7. The Morgan fingerprint density at radius 2 is 1.28 bits per heavy atom. The molecule has 0 N–H and O–H groups in total. The molecule has 0 heteroatoms. The zero-order chi connectivity index (χ0) is 25.0. The van der Waals surface area contributed by atoms with Crippen LogP contribution in [0.5, 0.6) is 0 Å². The van der Waals surface area contributed by atoms with Crippen LogP contribution in [0, 0.1) is 41.4 Å². The van der Waals surface area contributed by atoms with Gasteiger partial charge in [-0.3, -0.25) is 0 Å². The van der Waals surface area contributed by atoms with Gasteiger partial charge < -0.3 is 0 Å². The summed E-state index contributed by atoms with van der Waals surface area (Å²) in [6.07, 6.45) is 30.4. The molecule has 198 valence electrons. The largest absolute Gasteiger partial charge is 0.0730 e. The molecule has 0 spiro atoms. The summed E-state index contributed by atoms with van der Waals surface area (Å²) in [4.78, 5) is 0. The van der Waals surface area contributed by atoms with Gasteiger partial charge in [0.25, 0.3) is 0 Å². The number of hydrogen-bond acceptors (Lipinski definition) is 0. The predicted molar refractivity (Wildman–Crippen MR) is 157 cm³/mol. The molecule has 3 fully saturated rings. The highest BCUT2D eigenvalue weighted by Gasteiger charge is 2.30. The van der Waals surface area contributed by atoms with Crippen molar-refractivity contribution < 1.29 is 0 Å². The van der Waals surface area contributed by atoms with Crippen LogP contribution >= 0.6 is 0 Å². The summed E-state index contributed by atoms with van der Waals surface area (Å²) >= 11 is 0. The molecule has 0 aromatic heterocycles. The molecule has 4 rings (SSSR count). The van der Waals surface area contributed by atoms with Gasteiger partial charge in [-0.1, -0.05) is 95.3 Å². The number of unbranched alkanes of at least 4 members (excludes halogenated alkanes) is 2. The number of benzene rings is 1. The second-order valence-corrected chi connectivity index (χ2v) is 12.7. The topological polar surface area (TPSA) is 0 Å². The quantitative estimate of drug-likeness (QED) is 0.240. The Kier molecular flexibility index (Phi) is 11.5. The van der Waals surface area contributed by atoms with Crippen molar-refractivity contribution in [3.05, 3.63) is 47.5 Å². The molecule has 0 bridgehead atoms. The second-order valence-electron chi connectivity index (χ2n) is 12.7. The highest BCUT2D eigenvalue weighted by atomic mass is 14.4. The highest BCUT2D eigenvalue weighted by Crippen LogP contribution is 2.42. The smallest absolute Gasteiger partial charge is 0.0249 e.